The molecule has 1 aliphatic rings. The highest BCUT2D eigenvalue weighted by atomic mass is 32.1. The molecule has 0 saturated carbocycles. The van der Waals surface area contributed by atoms with Gasteiger partial charge in [0.15, 0.2) is 0 Å². The number of rotatable bonds is 1. The van der Waals surface area contributed by atoms with Crippen LogP contribution in [0.5, 0.6) is 0 Å². The average molecular weight is 166 g/mol. The van der Waals surface area contributed by atoms with Gasteiger partial charge in [0, 0.05) is 0 Å². The first-order valence-electron chi connectivity index (χ1n) is 2.97. The van der Waals surface area contributed by atoms with Crippen molar-refractivity contribution in [2.45, 2.75) is 23.7 Å². The van der Waals surface area contributed by atoms with Crippen LogP contribution in [-0.2, 0) is 4.74 Å². The van der Waals surface area contributed by atoms with E-state index in [2.05, 4.69) is 12.6 Å². The van der Waals surface area contributed by atoms with E-state index >= 15 is 0 Å². The SMILES string of the molecule is OC[C@H]1O[C@@H](S)[C@H](O)[C@@H]1O. The maximum Gasteiger partial charge on any atom is 0.129 e. The Labute approximate surface area is 63.8 Å². The molecule has 0 aromatic heterocycles. The molecule has 0 amide bonds. The molecular weight excluding hydrogens is 156 g/mol. The summed E-state index contributed by atoms with van der Waals surface area (Å²) < 4.78 is 4.85. The third-order valence-electron chi connectivity index (χ3n) is 1.52. The Morgan fingerprint density at radius 1 is 1.30 bits per heavy atom. The first-order valence-corrected chi connectivity index (χ1v) is 3.49. The quantitative estimate of drug-likeness (QED) is 0.352. The number of aliphatic hydroxyl groups excluding tert-OH is 3. The molecule has 10 heavy (non-hydrogen) atoms. The van der Waals surface area contributed by atoms with E-state index in [9.17, 15) is 0 Å². The fraction of sp³-hybridized carbons (Fsp3) is 1.00. The molecule has 1 heterocycles. The van der Waals surface area contributed by atoms with Crippen molar-refractivity contribution in [2.24, 2.45) is 0 Å². The average Bonchev–Trinajstić information content (AvgIpc) is 2.17. The van der Waals surface area contributed by atoms with E-state index in [1.807, 2.05) is 0 Å². The Bertz CT molecular complexity index is 120. The summed E-state index contributed by atoms with van der Waals surface area (Å²) in [5.74, 6) is 0. The number of ether oxygens (including phenoxy) is 1. The van der Waals surface area contributed by atoms with Gasteiger partial charge in [-0.1, -0.05) is 0 Å². The van der Waals surface area contributed by atoms with E-state index < -0.39 is 23.7 Å². The summed E-state index contributed by atoms with van der Waals surface area (Å²) in [6, 6.07) is 0. The van der Waals surface area contributed by atoms with Gasteiger partial charge in [0.2, 0.25) is 0 Å². The Balaban J connectivity index is 2.53. The van der Waals surface area contributed by atoms with Crippen molar-refractivity contribution in [1.29, 1.82) is 0 Å². The Morgan fingerprint density at radius 3 is 2.10 bits per heavy atom. The fourth-order valence-corrected chi connectivity index (χ4v) is 1.21. The monoisotopic (exact) mass is 166 g/mol. The van der Waals surface area contributed by atoms with Crippen LogP contribution < -0.4 is 0 Å². The largest absolute Gasteiger partial charge is 0.394 e. The highest BCUT2D eigenvalue weighted by molar-refractivity contribution is 7.80. The van der Waals surface area contributed by atoms with E-state index in [1.54, 1.807) is 0 Å². The molecule has 0 unspecified atom stereocenters. The molecule has 5 heteroatoms. The van der Waals surface area contributed by atoms with Gasteiger partial charge in [-0.05, 0) is 0 Å². The summed E-state index contributed by atoms with van der Waals surface area (Å²) in [5.41, 5.74) is -0.688. The van der Waals surface area contributed by atoms with Gasteiger partial charge in [-0.15, -0.1) is 12.6 Å². The zero-order valence-corrected chi connectivity index (χ0v) is 6.11. The van der Waals surface area contributed by atoms with Crippen LogP contribution >= 0.6 is 12.6 Å². The van der Waals surface area contributed by atoms with Gasteiger partial charge in [-0.3, -0.25) is 0 Å². The van der Waals surface area contributed by atoms with Crippen LogP contribution in [-0.4, -0.2) is 45.7 Å². The van der Waals surface area contributed by atoms with Gasteiger partial charge in [0.25, 0.3) is 0 Å². The van der Waals surface area contributed by atoms with Gasteiger partial charge in [0.1, 0.15) is 23.7 Å². The van der Waals surface area contributed by atoms with Crippen LogP contribution in [0.1, 0.15) is 0 Å². The molecule has 3 N–H and O–H groups in total. The normalized spacial score (nSPS) is 48.0. The van der Waals surface area contributed by atoms with Crippen molar-refractivity contribution in [2.75, 3.05) is 6.61 Å². The zero-order valence-electron chi connectivity index (χ0n) is 5.21. The van der Waals surface area contributed by atoms with Gasteiger partial charge in [-0.2, -0.15) is 0 Å². The molecule has 4 nitrogen and oxygen atoms in total. The minimum absolute atomic E-state index is 0.296. The molecular formula is C5H10O4S. The summed E-state index contributed by atoms with van der Waals surface area (Å²) in [5, 5.41) is 26.6. The van der Waals surface area contributed by atoms with Crippen molar-refractivity contribution in [3.63, 3.8) is 0 Å². The molecule has 4 atom stereocenters. The zero-order chi connectivity index (χ0) is 7.72. The molecule has 1 rings (SSSR count). The molecule has 0 aromatic rings. The van der Waals surface area contributed by atoms with E-state index in [0.717, 1.165) is 0 Å². The smallest absolute Gasteiger partial charge is 0.129 e. The van der Waals surface area contributed by atoms with Gasteiger partial charge in [0.05, 0.1) is 6.61 Å². The molecule has 1 saturated heterocycles. The summed E-state index contributed by atoms with van der Waals surface area (Å²) in [6.45, 7) is -0.296. The molecule has 0 spiro atoms. The minimum Gasteiger partial charge on any atom is -0.394 e. The van der Waals surface area contributed by atoms with Crippen molar-refractivity contribution >= 4 is 12.6 Å². The topological polar surface area (TPSA) is 69.9 Å². The predicted octanol–water partition coefficient (Wildman–Crippen LogP) is -1.64. The number of hydrogen-bond acceptors (Lipinski definition) is 5. The van der Waals surface area contributed by atoms with Gasteiger partial charge >= 0.3 is 0 Å². The highest BCUT2D eigenvalue weighted by Gasteiger charge is 2.40. The first-order chi connectivity index (χ1) is 4.66. The summed E-state index contributed by atoms with van der Waals surface area (Å²) >= 11 is 3.82. The number of thiol groups is 1. The van der Waals surface area contributed by atoms with E-state index in [0.29, 0.717) is 0 Å². The maximum atomic E-state index is 9.04. The predicted molar refractivity (Wildman–Crippen MR) is 36.7 cm³/mol. The second kappa shape index (κ2) is 3.06. The van der Waals surface area contributed by atoms with Crippen molar-refractivity contribution < 1.29 is 20.1 Å². The third kappa shape index (κ3) is 1.28. The van der Waals surface area contributed by atoms with Crippen LogP contribution in [0.25, 0.3) is 0 Å². The van der Waals surface area contributed by atoms with Crippen molar-refractivity contribution in [3.8, 4) is 0 Å². The molecule has 0 bridgehead atoms. The lowest BCUT2D eigenvalue weighted by Crippen LogP contribution is -2.32. The lowest BCUT2D eigenvalue weighted by Gasteiger charge is -2.09. The standard InChI is InChI=1S/C5H10O4S/c6-1-2-3(7)4(8)5(10)9-2/h2-8,10H,1H2/t2-,3-,4-,5+/m1/s1. The van der Waals surface area contributed by atoms with Crippen LogP contribution in [0.4, 0.5) is 0 Å². The maximum absolute atomic E-state index is 9.04. The summed E-state index contributed by atoms with van der Waals surface area (Å²) in [4.78, 5) is 0. The van der Waals surface area contributed by atoms with Crippen LogP contribution in [0.3, 0.4) is 0 Å². The Hall–Kier alpha value is 0.190. The van der Waals surface area contributed by atoms with E-state index in [4.69, 9.17) is 20.1 Å². The number of hydrogen-bond donors (Lipinski definition) is 4. The molecule has 0 aliphatic carbocycles. The summed E-state index contributed by atoms with van der Waals surface area (Å²) in [6.07, 6.45) is -2.72. The summed E-state index contributed by atoms with van der Waals surface area (Å²) in [7, 11) is 0. The second-order valence-electron chi connectivity index (χ2n) is 2.23. The lowest BCUT2D eigenvalue weighted by atomic mass is 10.2. The molecule has 0 radical (unpaired) electrons. The Morgan fingerprint density at radius 2 is 1.90 bits per heavy atom. The highest BCUT2D eigenvalue weighted by Crippen LogP contribution is 2.22. The molecule has 0 aromatic carbocycles. The molecule has 1 fully saturated rings. The first kappa shape index (κ1) is 8.29. The Kier molecular flexibility index (Phi) is 2.54. The third-order valence-corrected chi connectivity index (χ3v) is 1.94. The van der Waals surface area contributed by atoms with Crippen LogP contribution in [0.15, 0.2) is 0 Å². The van der Waals surface area contributed by atoms with Crippen LogP contribution in [0.2, 0.25) is 0 Å². The second-order valence-corrected chi connectivity index (χ2v) is 2.74. The molecule has 1 aliphatic heterocycles. The number of aliphatic hydroxyl groups is 3. The molecule has 60 valence electrons. The van der Waals surface area contributed by atoms with Gasteiger partial charge in [-0.25, -0.2) is 0 Å². The van der Waals surface area contributed by atoms with Crippen molar-refractivity contribution in [3.05, 3.63) is 0 Å². The van der Waals surface area contributed by atoms with Crippen molar-refractivity contribution in [1.82, 2.24) is 0 Å². The minimum atomic E-state index is -1.02. The fourth-order valence-electron chi connectivity index (χ4n) is 0.880. The lowest BCUT2D eigenvalue weighted by molar-refractivity contribution is -0.00794. The van der Waals surface area contributed by atoms with Gasteiger partial charge < -0.3 is 20.1 Å². The van der Waals surface area contributed by atoms with Crippen LogP contribution in [0, 0.1) is 0 Å². The van der Waals surface area contributed by atoms with E-state index in [1.165, 1.54) is 0 Å². The van der Waals surface area contributed by atoms with E-state index in [-0.39, 0.29) is 6.61 Å².